The number of hydrogen-bond acceptors (Lipinski definition) is 4. The number of halogens is 2. The Balaban J connectivity index is 2.02. The molecule has 1 unspecified atom stereocenters. The van der Waals surface area contributed by atoms with Gasteiger partial charge in [-0.05, 0) is 18.6 Å². The lowest BCUT2D eigenvalue weighted by atomic mass is 10.3. The van der Waals surface area contributed by atoms with Gasteiger partial charge in [0.15, 0.2) is 0 Å². The number of alkyl halides is 2. The Hall–Kier alpha value is -1.05. The molecule has 0 bridgehead atoms. The molecule has 104 valence electrons. The predicted octanol–water partition coefficient (Wildman–Crippen LogP) is 2.53. The Bertz CT molecular complexity index is 600. The van der Waals surface area contributed by atoms with Gasteiger partial charge in [-0.1, -0.05) is 0 Å². The quantitative estimate of drug-likeness (QED) is 0.512. The third kappa shape index (κ3) is 3.71. The van der Waals surface area contributed by atoms with E-state index in [0.717, 1.165) is 0 Å². The summed E-state index contributed by atoms with van der Waals surface area (Å²) in [6, 6.07) is 5.11. The highest BCUT2D eigenvalue weighted by Crippen LogP contribution is 2.53. The van der Waals surface area contributed by atoms with Crippen molar-refractivity contribution < 1.29 is 13.3 Å². The first-order chi connectivity index (χ1) is 8.70. The van der Waals surface area contributed by atoms with Gasteiger partial charge in [0.2, 0.25) is 10.0 Å². The smallest absolute Gasteiger partial charge is 0.269 e. The van der Waals surface area contributed by atoms with Crippen LogP contribution in [0.25, 0.3) is 0 Å². The lowest BCUT2D eigenvalue weighted by Gasteiger charge is -2.07. The number of nitrogens with zero attached hydrogens (tertiary/aromatic N) is 1. The van der Waals surface area contributed by atoms with Gasteiger partial charge in [0, 0.05) is 23.7 Å². The fourth-order valence-corrected chi connectivity index (χ4v) is 3.81. The third-order valence-electron chi connectivity index (χ3n) is 2.73. The summed E-state index contributed by atoms with van der Waals surface area (Å²) >= 11 is 11.5. The fraction of sp³-hybridized carbons (Fsp3) is 0.400. The molecule has 1 aromatic rings. The highest BCUT2D eigenvalue weighted by Gasteiger charge is 2.53. The van der Waals surface area contributed by atoms with Gasteiger partial charge in [-0.15, -0.1) is 23.2 Å². The number of benzene rings is 1. The van der Waals surface area contributed by atoms with Crippen LogP contribution in [0.4, 0.5) is 11.4 Å². The van der Waals surface area contributed by atoms with Gasteiger partial charge in [0.25, 0.3) is 5.69 Å². The van der Waals surface area contributed by atoms with Crippen molar-refractivity contribution in [1.29, 1.82) is 0 Å². The molecule has 0 radical (unpaired) electrons. The van der Waals surface area contributed by atoms with Crippen molar-refractivity contribution in [3.63, 3.8) is 0 Å². The van der Waals surface area contributed by atoms with E-state index in [1.54, 1.807) is 0 Å². The van der Waals surface area contributed by atoms with Crippen LogP contribution in [-0.4, -0.2) is 23.4 Å². The van der Waals surface area contributed by atoms with E-state index < -0.39 is 19.3 Å². The molecular formula is C10H10Cl2N2O4S. The molecule has 1 saturated carbocycles. The van der Waals surface area contributed by atoms with Gasteiger partial charge in [0.1, 0.15) is 4.33 Å². The Labute approximate surface area is 119 Å². The predicted molar refractivity (Wildman–Crippen MR) is 73.0 cm³/mol. The van der Waals surface area contributed by atoms with Gasteiger partial charge in [-0.25, -0.2) is 8.42 Å². The fourth-order valence-electron chi connectivity index (χ4n) is 1.59. The molecule has 1 aromatic carbocycles. The van der Waals surface area contributed by atoms with Gasteiger partial charge in [-0.3, -0.25) is 14.8 Å². The van der Waals surface area contributed by atoms with E-state index in [-0.39, 0.29) is 23.0 Å². The van der Waals surface area contributed by atoms with Crippen LogP contribution in [0.2, 0.25) is 0 Å². The van der Waals surface area contributed by atoms with Crippen LogP contribution in [-0.2, 0) is 10.0 Å². The molecule has 0 amide bonds. The number of sulfonamides is 1. The largest absolute Gasteiger partial charge is 0.284 e. The van der Waals surface area contributed by atoms with E-state index in [1.165, 1.54) is 24.3 Å². The van der Waals surface area contributed by atoms with E-state index >= 15 is 0 Å². The van der Waals surface area contributed by atoms with Crippen molar-refractivity contribution >= 4 is 44.6 Å². The maximum atomic E-state index is 11.8. The minimum Gasteiger partial charge on any atom is -0.284 e. The van der Waals surface area contributed by atoms with Crippen molar-refractivity contribution in [3.05, 3.63) is 34.4 Å². The topological polar surface area (TPSA) is 89.3 Å². The zero-order chi connectivity index (χ0) is 14.3. The summed E-state index contributed by atoms with van der Waals surface area (Å²) in [4.78, 5) is 9.90. The lowest BCUT2D eigenvalue weighted by molar-refractivity contribution is -0.384. The molecule has 0 spiro atoms. The molecule has 1 N–H and O–H groups in total. The lowest BCUT2D eigenvalue weighted by Crippen LogP contribution is -2.19. The molecule has 0 aliphatic heterocycles. The van der Waals surface area contributed by atoms with Gasteiger partial charge >= 0.3 is 0 Å². The van der Waals surface area contributed by atoms with Gasteiger partial charge < -0.3 is 0 Å². The number of hydrogen-bond donors (Lipinski definition) is 1. The monoisotopic (exact) mass is 324 g/mol. The second kappa shape index (κ2) is 4.81. The zero-order valence-corrected chi connectivity index (χ0v) is 11.9. The minimum absolute atomic E-state index is 0.106. The van der Waals surface area contributed by atoms with Crippen LogP contribution in [0.5, 0.6) is 0 Å². The molecule has 0 heterocycles. The molecular weight excluding hydrogens is 315 g/mol. The van der Waals surface area contributed by atoms with Crippen LogP contribution in [0.3, 0.4) is 0 Å². The van der Waals surface area contributed by atoms with Crippen LogP contribution in [0.1, 0.15) is 6.42 Å². The average Bonchev–Trinajstić information content (AvgIpc) is 2.84. The molecule has 2 rings (SSSR count). The normalized spacial score (nSPS) is 20.8. The molecule has 1 aliphatic carbocycles. The molecule has 19 heavy (non-hydrogen) atoms. The summed E-state index contributed by atoms with van der Waals surface area (Å²) in [6.45, 7) is 0. The van der Waals surface area contributed by atoms with Gasteiger partial charge in [0.05, 0.1) is 10.7 Å². The maximum absolute atomic E-state index is 11.8. The number of anilines is 1. The van der Waals surface area contributed by atoms with Crippen LogP contribution in [0, 0.1) is 16.0 Å². The van der Waals surface area contributed by atoms with Crippen molar-refractivity contribution in [1.82, 2.24) is 0 Å². The molecule has 0 saturated heterocycles. The number of non-ortho nitro benzene ring substituents is 1. The summed E-state index contributed by atoms with van der Waals surface area (Å²) in [5, 5.41) is 10.5. The van der Waals surface area contributed by atoms with Crippen molar-refractivity contribution in [2.24, 2.45) is 5.92 Å². The summed E-state index contributed by atoms with van der Waals surface area (Å²) in [5.41, 5.74) is 0.159. The molecule has 1 aliphatic rings. The first-order valence-corrected chi connectivity index (χ1v) is 7.73. The molecule has 0 aromatic heterocycles. The second-order valence-corrected chi connectivity index (χ2v) is 7.66. The van der Waals surface area contributed by atoms with E-state index in [2.05, 4.69) is 4.72 Å². The first kappa shape index (κ1) is 14.4. The Morgan fingerprint density at radius 2 is 1.89 bits per heavy atom. The number of nitrogens with one attached hydrogen (secondary N) is 1. The molecule has 6 nitrogen and oxygen atoms in total. The highest BCUT2D eigenvalue weighted by atomic mass is 35.5. The summed E-state index contributed by atoms with van der Waals surface area (Å²) < 4.78 is 25.0. The van der Waals surface area contributed by atoms with E-state index in [4.69, 9.17) is 23.2 Å². The van der Waals surface area contributed by atoms with Crippen LogP contribution >= 0.6 is 23.2 Å². The molecule has 9 heteroatoms. The highest BCUT2D eigenvalue weighted by molar-refractivity contribution is 7.92. The van der Waals surface area contributed by atoms with Crippen molar-refractivity contribution in [2.45, 2.75) is 10.8 Å². The zero-order valence-electron chi connectivity index (χ0n) is 9.55. The standard InChI is InChI=1S/C10H10Cl2N2O4S/c11-10(12)5-7(10)6-19(17,18)13-8-1-3-9(4-2-8)14(15)16/h1-4,7,13H,5-6H2. The molecule has 1 fully saturated rings. The van der Waals surface area contributed by atoms with Crippen LogP contribution < -0.4 is 4.72 Å². The third-order valence-corrected chi connectivity index (χ3v) is 5.04. The summed E-state index contributed by atoms with van der Waals surface area (Å²) in [6.07, 6.45) is 0.442. The number of nitro groups is 1. The maximum Gasteiger partial charge on any atom is 0.269 e. The van der Waals surface area contributed by atoms with E-state index in [1.807, 2.05) is 0 Å². The number of nitro benzene ring substituents is 1. The molecule has 1 atom stereocenters. The summed E-state index contributed by atoms with van der Waals surface area (Å²) in [7, 11) is -3.56. The van der Waals surface area contributed by atoms with E-state index in [9.17, 15) is 18.5 Å². The SMILES string of the molecule is O=[N+]([O-])c1ccc(NS(=O)(=O)CC2CC2(Cl)Cl)cc1. The van der Waals surface area contributed by atoms with E-state index in [0.29, 0.717) is 6.42 Å². The van der Waals surface area contributed by atoms with Crippen molar-refractivity contribution in [2.75, 3.05) is 10.5 Å². The Morgan fingerprint density at radius 3 is 2.32 bits per heavy atom. The average molecular weight is 325 g/mol. The van der Waals surface area contributed by atoms with Gasteiger partial charge in [-0.2, -0.15) is 0 Å². The van der Waals surface area contributed by atoms with Crippen molar-refractivity contribution in [3.8, 4) is 0 Å². The Morgan fingerprint density at radius 1 is 1.37 bits per heavy atom. The van der Waals surface area contributed by atoms with Crippen LogP contribution in [0.15, 0.2) is 24.3 Å². The Kier molecular flexibility index (Phi) is 3.63. The number of rotatable bonds is 5. The first-order valence-electron chi connectivity index (χ1n) is 5.32. The summed E-state index contributed by atoms with van der Waals surface area (Å²) in [5.74, 6) is -0.455. The minimum atomic E-state index is -3.56. The second-order valence-electron chi connectivity index (χ2n) is 4.35.